The number of rotatable bonds is 3. The van der Waals surface area contributed by atoms with Gasteiger partial charge in [-0.1, -0.05) is 21.6 Å². The second-order valence-electron chi connectivity index (χ2n) is 0.569. The number of nitrogens with two attached hydrogens (primary N) is 2. The molecule has 0 fully saturated rings. The zero-order valence-electron chi connectivity index (χ0n) is 3.39. The smallest absolute Gasteiger partial charge is 0.0498 e. The van der Waals surface area contributed by atoms with Gasteiger partial charge in [0.25, 0.3) is 0 Å². The Labute approximate surface area is 45.4 Å². The fraction of sp³-hybridized carbons (Fsp3) is 1.00. The Morgan fingerprint density at radius 1 is 1.00 bits per heavy atom. The van der Waals surface area contributed by atoms with Crippen molar-refractivity contribution in [2.24, 2.45) is 11.5 Å². The van der Waals surface area contributed by atoms with Crippen molar-refractivity contribution in [2.45, 2.75) is 0 Å². The molecule has 0 amide bonds. The van der Waals surface area contributed by atoms with Gasteiger partial charge in [-0.2, -0.15) is 0 Å². The van der Waals surface area contributed by atoms with Crippen molar-refractivity contribution < 1.29 is 0 Å². The maximum absolute atomic E-state index is 5.10. The molecule has 0 aromatic carbocycles. The molecule has 38 valence electrons. The number of hydrogen-bond acceptors (Lipinski definition) is 4. The summed E-state index contributed by atoms with van der Waals surface area (Å²) in [6, 6.07) is 0. The van der Waals surface area contributed by atoms with Crippen LogP contribution in [0.25, 0.3) is 0 Å². The van der Waals surface area contributed by atoms with E-state index in [9.17, 15) is 0 Å². The summed E-state index contributed by atoms with van der Waals surface area (Å²) in [4.78, 5) is 0. The van der Waals surface area contributed by atoms with E-state index in [2.05, 4.69) is 0 Å². The SMILES string of the molecule is NCSSCN. The first-order valence-electron chi connectivity index (χ1n) is 1.56. The fourth-order valence-corrected chi connectivity index (χ4v) is 0.866. The quantitative estimate of drug-likeness (QED) is 0.320. The van der Waals surface area contributed by atoms with Crippen molar-refractivity contribution in [3.8, 4) is 0 Å². The summed E-state index contributed by atoms with van der Waals surface area (Å²) < 4.78 is 0. The zero-order valence-corrected chi connectivity index (χ0v) is 5.02. The Bertz CT molecular complexity index is 21.5. The molecule has 4 heteroatoms. The van der Waals surface area contributed by atoms with E-state index in [4.69, 9.17) is 11.5 Å². The Morgan fingerprint density at radius 3 is 1.50 bits per heavy atom. The minimum absolute atomic E-state index is 0.655. The van der Waals surface area contributed by atoms with Crippen LogP contribution in [0.3, 0.4) is 0 Å². The molecule has 2 nitrogen and oxygen atoms in total. The number of hydrogen-bond donors (Lipinski definition) is 2. The second-order valence-corrected chi connectivity index (χ2v) is 3.12. The Morgan fingerprint density at radius 2 is 1.33 bits per heavy atom. The molecule has 0 bridgehead atoms. The van der Waals surface area contributed by atoms with Crippen molar-refractivity contribution in [3.05, 3.63) is 0 Å². The van der Waals surface area contributed by atoms with E-state index in [1.807, 2.05) is 0 Å². The van der Waals surface area contributed by atoms with E-state index in [-0.39, 0.29) is 0 Å². The normalized spacial score (nSPS) is 9.00. The summed E-state index contributed by atoms with van der Waals surface area (Å²) in [6.45, 7) is 0. The standard InChI is InChI=1S/C2H8N2S2/c3-1-5-6-2-4/h1-4H2. The van der Waals surface area contributed by atoms with E-state index in [0.29, 0.717) is 11.8 Å². The molecule has 0 aromatic heterocycles. The lowest BCUT2D eigenvalue weighted by atomic mass is 11.6. The third-order valence-corrected chi connectivity index (χ3v) is 1.97. The van der Waals surface area contributed by atoms with Gasteiger partial charge in [-0.25, -0.2) is 0 Å². The van der Waals surface area contributed by atoms with E-state index >= 15 is 0 Å². The van der Waals surface area contributed by atoms with Crippen LogP contribution in [-0.4, -0.2) is 11.8 Å². The molecule has 0 aliphatic heterocycles. The first-order chi connectivity index (χ1) is 2.91. The largest absolute Gasteiger partial charge is 0.321 e. The van der Waals surface area contributed by atoms with Gasteiger partial charge in [0.2, 0.25) is 0 Å². The van der Waals surface area contributed by atoms with Crippen LogP contribution in [0.5, 0.6) is 0 Å². The van der Waals surface area contributed by atoms with Gasteiger partial charge in [0, 0.05) is 11.8 Å². The molecule has 0 aromatic rings. The van der Waals surface area contributed by atoms with Gasteiger partial charge in [0.05, 0.1) is 0 Å². The van der Waals surface area contributed by atoms with Crippen LogP contribution in [-0.2, 0) is 0 Å². The summed E-state index contributed by atoms with van der Waals surface area (Å²) in [5, 5.41) is 0. The van der Waals surface area contributed by atoms with Gasteiger partial charge in [0.15, 0.2) is 0 Å². The summed E-state index contributed by atoms with van der Waals surface area (Å²) in [6.07, 6.45) is 0. The molecule has 0 atom stereocenters. The molecule has 6 heavy (non-hydrogen) atoms. The fourth-order valence-electron chi connectivity index (χ4n) is 0.0962. The highest BCUT2D eigenvalue weighted by atomic mass is 33.1. The molecule has 0 rings (SSSR count). The summed E-state index contributed by atoms with van der Waals surface area (Å²) >= 11 is 0. The van der Waals surface area contributed by atoms with Gasteiger partial charge in [0.1, 0.15) is 0 Å². The van der Waals surface area contributed by atoms with Crippen LogP contribution in [0, 0.1) is 0 Å². The van der Waals surface area contributed by atoms with Crippen LogP contribution in [0.15, 0.2) is 0 Å². The van der Waals surface area contributed by atoms with Crippen LogP contribution in [0.1, 0.15) is 0 Å². The highest BCUT2D eigenvalue weighted by Crippen LogP contribution is 2.14. The van der Waals surface area contributed by atoms with Crippen molar-refractivity contribution in [3.63, 3.8) is 0 Å². The monoisotopic (exact) mass is 124 g/mol. The Kier molecular flexibility index (Phi) is 6.20. The van der Waals surface area contributed by atoms with E-state index in [1.54, 1.807) is 21.6 Å². The molecule has 0 saturated carbocycles. The topological polar surface area (TPSA) is 52.0 Å². The lowest BCUT2D eigenvalue weighted by Crippen LogP contribution is -1.93. The Hall–Kier alpha value is 0.620. The van der Waals surface area contributed by atoms with Crippen molar-refractivity contribution in [2.75, 3.05) is 11.8 Å². The highest BCUT2D eigenvalue weighted by Gasteiger charge is 1.75. The van der Waals surface area contributed by atoms with E-state index in [1.165, 1.54) is 0 Å². The summed E-state index contributed by atoms with van der Waals surface area (Å²) in [5.41, 5.74) is 10.2. The van der Waals surface area contributed by atoms with Gasteiger partial charge >= 0.3 is 0 Å². The first-order valence-corrected chi connectivity index (χ1v) is 4.05. The van der Waals surface area contributed by atoms with Crippen molar-refractivity contribution >= 4 is 21.6 Å². The minimum atomic E-state index is 0.655. The zero-order chi connectivity index (χ0) is 4.83. The summed E-state index contributed by atoms with van der Waals surface area (Å²) in [5.74, 6) is 1.31. The first kappa shape index (κ1) is 6.62. The molecule has 0 radical (unpaired) electrons. The maximum Gasteiger partial charge on any atom is 0.0498 e. The highest BCUT2D eigenvalue weighted by molar-refractivity contribution is 8.76. The molecule has 0 saturated heterocycles. The molecule has 0 spiro atoms. The Balaban J connectivity index is 2.34. The van der Waals surface area contributed by atoms with E-state index in [0.717, 1.165) is 0 Å². The van der Waals surface area contributed by atoms with E-state index < -0.39 is 0 Å². The van der Waals surface area contributed by atoms with Gasteiger partial charge in [-0.15, -0.1) is 0 Å². The maximum atomic E-state index is 5.10. The molecular formula is C2H8N2S2. The third kappa shape index (κ3) is 4.62. The van der Waals surface area contributed by atoms with Crippen LogP contribution < -0.4 is 11.5 Å². The average Bonchev–Trinajstić information content (AvgIpc) is 1.61. The summed E-state index contributed by atoms with van der Waals surface area (Å²) in [7, 11) is 3.16. The molecule has 0 aliphatic rings. The van der Waals surface area contributed by atoms with Gasteiger partial charge in [-0.05, 0) is 0 Å². The van der Waals surface area contributed by atoms with Crippen molar-refractivity contribution in [1.82, 2.24) is 0 Å². The lowest BCUT2D eigenvalue weighted by Gasteiger charge is -1.87. The molecule has 0 aliphatic carbocycles. The van der Waals surface area contributed by atoms with Gasteiger partial charge in [-0.3, -0.25) is 0 Å². The van der Waals surface area contributed by atoms with Crippen LogP contribution in [0.4, 0.5) is 0 Å². The molecule has 0 heterocycles. The average molecular weight is 124 g/mol. The second kappa shape index (κ2) is 5.62. The third-order valence-electron chi connectivity index (χ3n) is 0.219. The van der Waals surface area contributed by atoms with Crippen LogP contribution in [0.2, 0.25) is 0 Å². The van der Waals surface area contributed by atoms with Crippen LogP contribution >= 0.6 is 21.6 Å². The molecule has 4 N–H and O–H groups in total. The predicted molar refractivity (Wildman–Crippen MR) is 33.3 cm³/mol. The lowest BCUT2D eigenvalue weighted by molar-refractivity contribution is 1.40. The van der Waals surface area contributed by atoms with Gasteiger partial charge < -0.3 is 11.5 Å². The minimum Gasteiger partial charge on any atom is -0.321 e. The molecule has 0 unspecified atom stereocenters. The molecular weight excluding hydrogens is 116 g/mol. The predicted octanol–water partition coefficient (Wildman–Crippen LogP) is 0.200. The van der Waals surface area contributed by atoms with Crippen molar-refractivity contribution in [1.29, 1.82) is 0 Å².